The zero-order valence-electron chi connectivity index (χ0n) is 15.6. The van der Waals surface area contributed by atoms with Gasteiger partial charge in [-0.15, -0.1) is 0 Å². The van der Waals surface area contributed by atoms with E-state index in [1.165, 1.54) is 56.3 Å². The SMILES string of the molecule is CCCCCCCCCS(=O)(=O)O.CC[N+](CC)(CC)CC. The molecule has 136 valence electrons. The first-order valence-electron chi connectivity index (χ1n) is 9.11. The predicted molar refractivity (Wildman–Crippen MR) is 96.8 cm³/mol. The van der Waals surface area contributed by atoms with Crippen LogP contribution in [-0.4, -0.2) is 49.4 Å². The molecule has 1 N–H and O–H groups in total. The van der Waals surface area contributed by atoms with Crippen LogP contribution in [0.15, 0.2) is 0 Å². The average Bonchev–Trinajstić information content (AvgIpc) is 2.49. The summed E-state index contributed by atoms with van der Waals surface area (Å²) < 4.78 is 30.4. The third kappa shape index (κ3) is 14.8. The van der Waals surface area contributed by atoms with Gasteiger partial charge in [-0.1, -0.05) is 45.4 Å². The minimum atomic E-state index is -3.72. The van der Waals surface area contributed by atoms with Crippen molar-refractivity contribution in [1.82, 2.24) is 0 Å². The zero-order valence-corrected chi connectivity index (χ0v) is 16.4. The molecule has 5 heteroatoms. The number of quaternary nitrogens is 1. The van der Waals surface area contributed by atoms with Gasteiger partial charge >= 0.3 is 0 Å². The van der Waals surface area contributed by atoms with Gasteiger partial charge in [-0.3, -0.25) is 4.55 Å². The molecule has 0 aliphatic heterocycles. The van der Waals surface area contributed by atoms with Crippen LogP contribution in [-0.2, 0) is 10.1 Å². The maximum Gasteiger partial charge on any atom is 0.264 e. The number of hydrogen-bond donors (Lipinski definition) is 1. The molecular weight excluding hydrogens is 298 g/mol. The van der Waals surface area contributed by atoms with Gasteiger partial charge in [0.1, 0.15) is 0 Å². The van der Waals surface area contributed by atoms with E-state index in [9.17, 15) is 8.42 Å². The van der Waals surface area contributed by atoms with Crippen molar-refractivity contribution in [1.29, 1.82) is 0 Å². The van der Waals surface area contributed by atoms with E-state index < -0.39 is 10.1 Å². The van der Waals surface area contributed by atoms with Crippen molar-refractivity contribution in [2.24, 2.45) is 0 Å². The van der Waals surface area contributed by atoms with Crippen LogP contribution in [0, 0.1) is 0 Å². The molecule has 0 heterocycles. The first-order chi connectivity index (χ1) is 10.3. The summed E-state index contributed by atoms with van der Waals surface area (Å²) in [6.45, 7) is 16.4. The lowest BCUT2D eigenvalue weighted by molar-refractivity contribution is -0.921. The summed E-state index contributed by atoms with van der Waals surface area (Å²) in [7, 11) is -3.72. The molecule has 0 aliphatic rings. The third-order valence-corrected chi connectivity index (χ3v) is 5.49. The van der Waals surface area contributed by atoms with Crippen molar-refractivity contribution in [3.8, 4) is 0 Å². The van der Waals surface area contributed by atoms with Crippen LogP contribution in [0.5, 0.6) is 0 Å². The molecule has 0 bridgehead atoms. The Balaban J connectivity index is 0. The molecule has 0 aromatic heterocycles. The van der Waals surface area contributed by atoms with Crippen LogP contribution in [0.2, 0.25) is 0 Å². The second-order valence-corrected chi connectivity index (χ2v) is 7.59. The van der Waals surface area contributed by atoms with E-state index in [4.69, 9.17) is 4.55 Å². The largest absolute Gasteiger partial charge is 0.325 e. The van der Waals surface area contributed by atoms with Gasteiger partial charge in [0.15, 0.2) is 0 Å². The molecule has 0 rings (SSSR count). The van der Waals surface area contributed by atoms with Crippen LogP contribution >= 0.6 is 0 Å². The summed E-state index contributed by atoms with van der Waals surface area (Å²) in [6.07, 6.45) is 7.48. The highest BCUT2D eigenvalue weighted by Crippen LogP contribution is 2.07. The molecule has 0 atom stereocenters. The molecule has 0 unspecified atom stereocenters. The number of rotatable bonds is 12. The Kier molecular flexibility index (Phi) is 15.9. The van der Waals surface area contributed by atoms with E-state index in [-0.39, 0.29) is 5.75 Å². The highest BCUT2D eigenvalue weighted by atomic mass is 32.2. The molecule has 0 saturated carbocycles. The Hall–Kier alpha value is -0.130. The van der Waals surface area contributed by atoms with Gasteiger partial charge < -0.3 is 4.48 Å². The van der Waals surface area contributed by atoms with E-state index in [0.29, 0.717) is 6.42 Å². The summed E-state index contributed by atoms with van der Waals surface area (Å²) in [5.41, 5.74) is 0. The van der Waals surface area contributed by atoms with E-state index in [1.807, 2.05) is 0 Å². The molecule has 0 fully saturated rings. The number of unbranched alkanes of at least 4 members (excludes halogenated alkanes) is 6. The Bertz CT molecular complexity index is 307. The molecule has 22 heavy (non-hydrogen) atoms. The molecule has 0 aliphatic carbocycles. The zero-order chi connectivity index (χ0) is 17.5. The van der Waals surface area contributed by atoms with Crippen molar-refractivity contribution < 1.29 is 17.5 Å². The summed E-state index contributed by atoms with van der Waals surface area (Å²) in [5, 5.41) is 0. The lowest BCUT2D eigenvalue weighted by Gasteiger charge is -2.34. The first-order valence-corrected chi connectivity index (χ1v) is 10.7. The fraction of sp³-hybridized carbons (Fsp3) is 1.00. The predicted octanol–water partition coefficient (Wildman–Crippen LogP) is 4.51. The normalized spacial score (nSPS) is 11.9. The van der Waals surface area contributed by atoms with Gasteiger partial charge in [0.05, 0.1) is 31.9 Å². The minimum absolute atomic E-state index is 0.0826. The number of hydrogen-bond acceptors (Lipinski definition) is 2. The summed E-state index contributed by atoms with van der Waals surface area (Å²) in [6, 6.07) is 0. The van der Waals surface area contributed by atoms with Crippen molar-refractivity contribution in [3.63, 3.8) is 0 Å². The highest BCUT2D eigenvalue weighted by Gasteiger charge is 2.16. The van der Waals surface area contributed by atoms with Crippen molar-refractivity contribution in [2.45, 2.75) is 79.6 Å². The molecule has 0 radical (unpaired) electrons. The molecular formula is C17H40NO3S+. The van der Waals surface area contributed by atoms with Gasteiger partial charge in [0.2, 0.25) is 0 Å². The van der Waals surface area contributed by atoms with E-state index in [1.54, 1.807) is 0 Å². The topological polar surface area (TPSA) is 54.4 Å². The monoisotopic (exact) mass is 338 g/mol. The van der Waals surface area contributed by atoms with Gasteiger partial charge in [0, 0.05) is 0 Å². The average molecular weight is 339 g/mol. The fourth-order valence-electron chi connectivity index (χ4n) is 2.58. The summed E-state index contributed by atoms with van der Waals surface area (Å²) in [5.74, 6) is -0.0826. The second kappa shape index (κ2) is 14.5. The maximum absolute atomic E-state index is 10.3. The van der Waals surface area contributed by atoms with Crippen LogP contribution in [0.25, 0.3) is 0 Å². The van der Waals surface area contributed by atoms with E-state index in [2.05, 4.69) is 34.6 Å². The van der Waals surface area contributed by atoms with Crippen LogP contribution in [0.1, 0.15) is 79.6 Å². The van der Waals surface area contributed by atoms with Crippen molar-refractivity contribution in [3.05, 3.63) is 0 Å². The number of nitrogens with zero attached hydrogens (tertiary/aromatic N) is 1. The lowest BCUT2D eigenvalue weighted by atomic mass is 10.1. The van der Waals surface area contributed by atoms with Crippen LogP contribution in [0.3, 0.4) is 0 Å². The first kappa shape index (κ1) is 24.1. The van der Waals surface area contributed by atoms with Gasteiger partial charge in [-0.25, -0.2) is 0 Å². The standard InChI is InChI=1S/C9H20O3S.C8H20N/c1-2-3-4-5-6-7-8-9-13(10,11)12;1-5-9(6-2,7-3)8-4/h2-9H2,1H3,(H,10,11,12);5-8H2,1-4H3/q;+1. The Labute approximate surface area is 139 Å². The minimum Gasteiger partial charge on any atom is -0.325 e. The molecule has 4 nitrogen and oxygen atoms in total. The Morgan fingerprint density at radius 1 is 0.682 bits per heavy atom. The molecule has 0 saturated heterocycles. The molecule has 0 aromatic rings. The van der Waals surface area contributed by atoms with E-state index >= 15 is 0 Å². The van der Waals surface area contributed by atoms with Crippen molar-refractivity contribution >= 4 is 10.1 Å². The fourth-order valence-corrected chi connectivity index (χ4v) is 3.15. The van der Waals surface area contributed by atoms with Crippen LogP contribution < -0.4 is 0 Å². The summed E-state index contributed by atoms with van der Waals surface area (Å²) in [4.78, 5) is 0. The Morgan fingerprint density at radius 3 is 1.32 bits per heavy atom. The highest BCUT2D eigenvalue weighted by molar-refractivity contribution is 7.85. The summed E-state index contributed by atoms with van der Waals surface area (Å²) >= 11 is 0. The van der Waals surface area contributed by atoms with Crippen molar-refractivity contribution in [2.75, 3.05) is 31.9 Å². The quantitative estimate of drug-likeness (QED) is 0.324. The molecule has 0 spiro atoms. The van der Waals surface area contributed by atoms with Crippen LogP contribution in [0.4, 0.5) is 0 Å². The third-order valence-electron chi connectivity index (χ3n) is 4.69. The van der Waals surface area contributed by atoms with Gasteiger partial charge in [-0.05, 0) is 34.1 Å². The van der Waals surface area contributed by atoms with Gasteiger partial charge in [0.25, 0.3) is 10.1 Å². The second-order valence-electron chi connectivity index (χ2n) is 6.01. The smallest absolute Gasteiger partial charge is 0.264 e. The molecule has 0 amide bonds. The maximum atomic E-state index is 10.3. The van der Waals surface area contributed by atoms with E-state index in [0.717, 1.165) is 12.8 Å². The Morgan fingerprint density at radius 2 is 1.05 bits per heavy atom. The lowest BCUT2D eigenvalue weighted by Crippen LogP contribution is -2.47. The molecule has 0 aromatic carbocycles. The van der Waals surface area contributed by atoms with Gasteiger partial charge in [-0.2, -0.15) is 8.42 Å².